The summed E-state index contributed by atoms with van der Waals surface area (Å²) in [6, 6.07) is 19.0. The molecule has 0 aliphatic rings. The van der Waals surface area contributed by atoms with E-state index in [2.05, 4.69) is 41.8 Å². The number of aryl methyl sites for hydroxylation is 3. The lowest BCUT2D eigenvalue weighted by Crippen LogP contribution is -2.35. The van der Waals surface area contributed by atoms with E-state index in [1.165, 1.54) is 23.5 Å². The number of rotatable bonds is 8. The second-order valence-corrected chi connectivity index (χ2v) is 7.24. The predicted octanol–water partition coefficient (Wildman–Crippen LogP) is 4.42. The van der Waals surface area contributed by atoms with Gasteiger partial charge in [0.25, 0.3) is 11.8 Å². The summed E-state index contributed by atoms with van der Waals surface area (Å²) in [6.45, 7) is 4.51. The van der Waals surface area contributed by atoms with Gasteiger partial charge in [0.05, 0.1) is 6.26 Å². The van der Waals surface area contributed by atoms with Crippen LogP contribution in [-0.2, 0) is 11.2 Å². The van der Waals surface area contributed by atoms with Gasteiger partial charge in [-0.25, -0.2) is 0 Å². The van der Waals surface area contributed by atoms with Crippen LogP contribution in [0, 0.1) is 13.8 Å². The molecule has 0 aliphatic heterocycles. The lowest BCUT2D eigenvalue weighted by atomic mass is 10.1. The molecular formula is C25H26N2O3. The van der Waals surface area contributed by atoms with Gasteiger partial charge in [-0.2, -0.15) is 0 Å². The van der Waals surface area contributed by atoms with Gasteiger partial charge in [0.15, 0.2) is 0 Å². The van der Waals surface area contributed by atoms with Crippen LogP contribution < -0.4 is 10.6 Å². The number of benzene rings is 2. The van der Waals surface area contributed by atoms with Gasteiger partial charge in [0, 0.05) is 18.2 Å². The molecule has 1 aromatic heterocycles. The van der Waals surface area contributed by atoms with Crippen molar-refractivity contribution in [1.29, 1.82) is 0 Å². The largest absolute Gasteiger partial charge is 0.465 e. The predicted molar refractivity (Wildman–Crippen MR) is 118 cm³/mol. The first kappa shape index (κ1) is 21.1. The molecule has 5 nitrogen and oxygen atoms in total. The first-order valence-electron chi connectivity index (χ1n) is 9.98. The quantitative estimate of drug-likeness (QED) is 0.433. The monoisotopic (exact) mass is 402 g/mol. The van der Waals surface area contributed by atoms with E-state index in [4.69, 9.17) is 4.42 Å². The summed E-state index contributed by atoms with van der Waals surface area (Å²) in [5.41, 5.74) is 4.14. The smallest absolute Gasteiger partial charge is 0.267 e. The van der Waals surface area contributed by atoms with Crippen molar-refractivity contribution in [3.05, 3.63) is 101 Å². The molecule has 0 bridgehead atoms. The summed E-state index contributed by atoms with van der Waals surface area (Å²) in [7, 11) is 0. The van der Waals surface area contributed by atoms with Crippen LogP contribution in [0.1, 0.15) is 39.2 Å². The molecule has 3 aromatic rings. The second-order valence-electron chi connectivity index (χ2n) is 7.24. The zero-order valence-electron chi connectivity index (χ0n) is 17.3. The Morgan fingerprint density at radius 3 is 2.23 bits per heavy atom. The third-order valence-electron chi connectivity index (χ3n) is 4.68. The highest BCUT2D eigenvalue weighted by Gasteiger charge is 2.15. The molecule has 2 aromatic carbocycles. The summed E-state index contributed by atoms with van der Waals surface area (Å²) in [5.74, 6) is -0.206. The molecule has 0 spiro atoms. The highest BCUT2D eigenvalue weighted by atomic mass is 16.3. The number of carbonyl (C=O) groups is 2. The number of carbonyl (C=O) groups excluding carboxylic acids is 2. The van der Waals surface area contributed by atoms with Crippen molar-refractivity contribution in [3.8, 4) is 0 Å². The van der Waals surface area contributed by atoms with Crippen LogP contribution in [0.5, 0.6) is 0 Å². The summed E-state index contributed by atoms with van der Waals surface area (Å²) in [4.78, 5) is 25.3. The zero-order valence-corrected chi connectivity index (χ0v) is 17.3. The molecule has 0 atom stereocenters. The fourth-order valence-corrected chi connectivity index (χ4v) is 2.92. The molecule has 1 heterocycles. The van der Waals surface area contributed by atoms with Crippen LogP contribution in [-0.4, -0.2) is 18.4 Å². The summed E-state index contributed by atoms with van der Waals surface area (Å²) in [6.07, 6.45) is 4.72. The van der Waals surface area contributed by atoms with E-state index < -0.39 is 0 Å². The number of amides is 2. The fraction of sp³-hybridized carbons (Fsp3) is 0.200. The van der Waals surface area contributed by atoms with Gasteiger partial charge < -0.3 is 15.1 Å². The minimum Gasteiger partial charge on any atom is -0.465 e. The highest BCUT2D eigenvalue weighted by Crippen LogP contribution is 2.09. The standard InChI is InChI=1S/C25H26N2O3/c1-18-7-11-20(12-8-18)5-3-15-26-25(29)23(17-22-6-4-16-30-22)27-24(28)21-13-9-19(2)10-14-21/h4,6-14,16-17H,3,5,15H2,1-2H3,(H,26,29)(H,27,28)/b23-17-. The van der Waals surface area contributed by atoms with Gasteiger partial charge in [-0.1, -0.05) is 47.5 Å². The lowest BCUT2D eigenvalue weighted by Gasteiger charge is -2.11. The molecule has 0 unspecified atom stereocenters. The van der Waals surface area contributed by atoms with Gasteiger partial charge in [0.1, 0.15) is 11.5 Å². The maximum absolute atomic E-state index is 12.7. The average molecular weight is 402 g/mol. The van der Waals surface area contributed by atoms with Crippen molar-refractivity contribution < 1.29 is 14.0 Å². The molecule has 0 fully saturated rings. The van der Waals surface area contributed by atoms with Crippen LogP contribution in [0.2, 0.25) is 0 Å². The Kier molecular flexibility index (Phi) is 7.22. The SMILES string of the molecule is Cc1ccc(CCCNC(=O)/C(=C/c2ccco2)NC(=O)c2ccc(C)cc2)cc1. The summed E-state index contributed by atoms with van der Waals surface area (Å²) in [5, 5.41) is 5.58. The van der Waals surface area contributed by atoms with E-state index in [1.807, 2.05) is 19.1 Å². The molecule has 30 heavy (non-hydrogen) atoms. The maximum Gasteiger partial charge on any atom is 0.267 e. The fourth-order valence-electron chi connectivity index (χ4n) is 2.92. The molecule has 154 valence electrons. The Morgan fingerprint density at radius 2 is 1.60 bits per heavy atom. The molecule has 0 saturated heterocycles. The zero-order chi connectivity index (χ0) is 21.3. The van der Waals surface area contributed by atoms with E-state index in [-0.39, 0.29) is 17.5 Å². The van der Waals surface area contributed by atoms with E-state index in [9.17, 15) is 9.59 Å². The first-order valence-corrected chi connectivity index (χ1v) is 9.98. The summed E-state index contributed by atoms with van der Waals surface area (Å²) < 4.78 is 5.30. The molecule has 0 aliphatic carbocycles. The van der Waals surface area contributed by atoms with Crippen LogP contribution in [0.25, 0.3) is 6.08 Å². The number of furan rings is 1. The van der Waals surface area contributed by atoms with E-state index in [0.29, 0.717) is 17.9 Å². The van der Waals surface area contributed by atoms with Gasteiger partial charge >= 0.3 is 0 Å². The average Bonchev–Trinajstić information content (AvgIpc) is 3.25. The van der Waals surface area contributed by atoms with E-state index in [1.54, 1.807) is 24.3 Å². The Balaban J connectivity index is 1.61. The third kappa shape index (κ3) is 6.21. The minimum absolute atomic E-state index is 0.144. The normalized spacial score (nSPS) is 11.2. The first-order chi connectivity index (χ1) is 14.5. The molecular weight excluding hydrogens is 376 g/mol. The Hall–Kier alpha value is -3.60. The molecule has 5 heteroatoms. The van der Waals surface area contributed by atoms with Crippen LogP contribution >= 0.6 is 0 Å². The van der Waals surface area contributed by atoms with Crippen LogP contribution in [0.3, 0.4) is 0 Å². The molecule has 0 radical (unpaired) electrons. The minimum atomic E-state index is -0.351. The van der Waals surface area contributed by atoms with Crippen molar-refractivity contribution in [2.75, 3.05) is 6.54 Å². The molecule has 3 rings (SSSR count). The van der Waals surface area contributed by atoms with Gasteiger partial charge in [0.2, 0.25) is 0 Å². The van der Waals surface area contributed by atoms with E-state index >= 15 is 0 Å². The molecule has 0 saturated carbocycles. The van der Waals surface area contributed by atoms with Crippen LogP contribution in [0.4, 0.5) is 0 Å². The highest BCUT2D eigenvalue weighted by molar-refractivity contribution is 6.05. The van der Waals surface area contributed by atoms with Gasteiger partial charge in [-0.15, -0.1) is 0 Å². The van der Waals surface area contributed by atoms with Crippen molar-refractivity contribution in [1.82, 2.24) is 10.6 Å². The number of nitrogens with one attached hydrogen (secondary N) is 2. The molecule has 2 amide bonds. The Bertz CT molecular complexity index is 1000. The number of hydrogen-bond donors (Lipinski definition) is 2. The van der Waals surface area contributed by atoms with Crippen molar-refractivity contribution in [3.63, 3.8) is 0 Å². The second kappa shape index (κ2) is 10.3. The maximum atomic E-state index is 12.7. The number of hydrogen-bond acceptors (Lipinski definition) is 3. The summed E-state index contributed by atoms with van der Waals surface area (Å²) >= 11 is 0. The molecule has 2 N–H and O–H groups in total. The van der Waals surface area contributed by atoms with Crippen molar-refractivity contribution >= 4 is 17.9 Å². The lowest BCUT2D eigenvalue weighted by molar-refractivity contribution is -0.117. The topological polar surface area (TPSA) is 71.3 Å². The van der Waals surface area contributed by atoms with Gasteiger partial charge in [-0.3, -0.25) is 9.59 Å². The van der Waals surface area contributed by atoms with Crippen LogP contribution in [0.15, 0.2) is 77.0 Å². The van der Waals surface area contributed by atoms with Crippen molar-refractivity contribution in [2.24, 2.45) is 0 Å². The Morgan fingerprint density at radius 1 is 0.933 bits per heavy atom. The third-order valence-corrected chi connectivity index (χ3v) is 4.68. The van der Waals surface area contributed by atoms with Crippen molar-refractivity contribution in [2.45, 2.75) is 26.7 Å². The van der Waals surface area contributed by atoms with Gasteiger partial charge in [-0.05, 0) is 56.5 Å². The van der Waals surface area contributed by atoms with E-state index in [0.717, 1.165) is 18.4 Å². The Labute approximate surface area is 176 Å².